The third-order valence-electron chi connectivity index (χ3n) is 3.55. The lowest BCUT2D eigenvalue weighted by Crippen LogP contribution is -2.41. The number of nitrogens with zero attached hydrogens (tertiary/aromatic N) is 1. The first kappa shape index (κ1) is 18.3. The molecular weight excluding hydrogens is 326 g/mol. The molecule has 1 aromatic carbocycles. The number of imide groups is 1. The van der Waals surface area contributed by atoms with Crippen LogP contribution in [0, 0.1) is 5.92 Å². The van der Waals surface area contributed by atoms with Crippen LogP contribution in [0.3, 0.4) is 0 Å². The van der Waals surface area contributed by atoms with E-state index in [9.17, 15) is 14.4 Å². The molecule has 0 aliphatic carbocycles. The van der Waals surface area contributed by atoms with Gasteiger partial charge < -0.3 is 10.6 Å². The third-order valence-corrected chi connectivity index (χ3v) is 4.57. The highest BCUT2D eigenvalue weighted by atomic mass is 32.2. The van der Waals surface area contributed by atoms with E-state index in [4.69, 9.17) is 0 Å². The molecule has 0 radical (unpaired) electrons. The van der Waals surface area contributed by atoms with Crippen molar-refractivity contribution < 1.29 is 14.4 Å². The van der Waals surface area contributed by atoms with Crippen molar-refractivity contribution in [3.05, 3.63) is 30.3 Å². The van der Waals surface area contributed by atoms with E-state index in [0.29, 0.717) is 18.9 Å². The van der Waals surface area contributed by atoms with Gasteiger partial charge in [-0.2, -0.15) is 0 Å². The molecule has 0 aromatic heterocycles. The maximum atomic E-state index is 12.2. The van der Waals surface area contributed by atoms with Crippen LogP contribution in [0.5, 0.6) is 0 Å². The molecule has 1 aliphatic rings. The SMILES string of the molecule is CC(C)CC1NC(=O)N(CC(=O)NCCSc2ccccc2)C1=O. The highest BCUT2D eigenvalue weighted by molar-refractivity contribution is 7.99. The van der Waals surface area contributed by atoms with Crippen LogP contribution >= 0.6 is 11.8 Å². The predicted octanol–water partition coefficient (Wildman–Crippen LogP) is 1.86. The number of rotatable bonds is 8. The van der Waals surface area contributed by atoms with Crippen molar-refractivity contribution in [3.8, 4) is 0 Å². The molecule has 1 aromatic rings. The Labute approximate surface area is 146 Å². The van der Waals surface area contributed by atoms with Crippen molar-refractivity contribution in [2.24, 2.45) is 5.92 Å². The van der Waals surface area contributed by atoms with Crippen molar-refractivity contribution in [1.82, 2.24) is 15.5 Å². The van der Waals surface area contributed by atoms with Crippen LogP contribution in [0.2, 0.25) is 0 Å². The van der Waals surface area contributed by atoms with Crippen LogP contribution in [-0.2, 0) is 9.59 Å². The van der Waals surface area contributed by atoms with Gasteiger partial charge in [-0.25, -0.2) is 4.79 Å². The zero-order chi connectivity index (χ0) is 17.5. The van der Waals surface area contributed by atoms with E-state index >= 15 is 0 Å². The van der Waals surface area contributed by atoms with Gasteiger partial charge in [0.25, 0.3) is 5.91 Å². The van der Waals surface area contributed by atoms with E-state index in [0.717, 1.165) is 15.5 Å². The van der Waals surface area contributed by atoms with Gasteiger partial charge in [0.1, 0.15) is 12.6 Å². The molecule has 1 fully saturated rings. The zero-order valence-electron chi connectivity index (χ0n) is 14.0. The first-order chi connectivity index (χ1) is 11.5. The van der Waals surface area contributed by atoms with Crippen LogP contribution < -0.4 is 10.6 Å². The fraction of sp³-hybridized carbons (Fsp3) is 0.471. The Balaban J connectivity index is 1.72. The highest BCUT2D eigenvalue weighted by Gasteiger charge is 2.38. The van der Waals surface area contributed by atoms with Crippen molar-refractivity contribution >= 4 is 29.6 Å². The lowest BCUT2D eigenvalue weighted by Gasteiger charge is -2.13. The summed E-state index contributed by atoms with van der Waals surface area (Å²) in [5, 5.41) is 5.38. The van der Waals surface area contributed by atoms with Gasteiger partial charge in [-0.1, -0.05) is 32.0 Å². The quantitative estimate of drug-likeness (QED) is 0.427. The minimum atomic E-state index is -0.515. The summed E-state index contributed by atoms with van der Waals surface area (Å²) >= 11 is 1.64. The van der Waals surface area contributed by atoms with Gasteiger partial charge in [-0.05, 0) is 24.5 Å². The van der Waals surface area contributed by atoms with Gasteiger partial charge in [0, 0.05) is 17.2 Å². The molecule has 4 amide bonds. The number of benzene rings is 1. The molecule has 1 saturated heterocycles. The number of thioether (sulfide) groups is 1. The zero-order valence-corrected chi connectivity index (χ0v) is 14.8. The summed E-state index contributed by atoms with van der Waals surface area (Å²) in [6, 6.07) is 8.90. The summed E-state index contributed by atoms with van der Waals surface area (Å²) in [5.74, 6) is 0.384. The molecule has 1 heterocycles. The summed E-state index contributed by atoms with van der Waals surface area (Å²) < 4.78 is 0. The second-order valence-electron chi connectivity index (χ2n) is 6.07. The Morgan fingerprint density at radius 1 is 1.29 bits per heavy atom. The molecular formula is C17H23N3O3S. The molecule has 0 bridgehead atoms. The molecule has 1 unspecified atom stereocenters. The largest absolute Gasteiger partial charge is 0.354 e. The first-order valence-electron chi connectivity index (χ1n) is 8.03. The van der Waals surface area contributed by atoms with E-state index in [1.54, 1.807) is 11.8 Å². The first-order valence-corrected chi connectivity index (χ1v) is 9.02. The standard InChI is InChI=1S/C17H23N3O3S/c1-12(2)10-14-16(22)20(17(23)19-14)11-15(21)18-8-9-24-13-6-4-3-5-7-13/h3-7,12,14H,8-11H2,1-2H3,(H,18,21)(H,19,23). The van der Waals surface area contributed by atoms with Crippen molar-refractivity contribution in [1.29, 1.82) is 0 Å². The van der Waals surface area contributed by atoms with Crippen LogP contribution in [0.15, 0.2) is 35.2 Å². The molecule has 24 heavy (non-hydrogen) atoms. The number of hydrogen-bond acceptors (Lipinski definition) is 4. The van der Waals surface area contributed by atoms with Gasteiger partial charge in [0.05, 0.1) is 0 Å². The molecule has 0 spiro atoms. The Morgan fingerprint density at radius 2 is 2.00 bits per heavy atom. The fourth-order valence-electron chi connectivity index (χ4n) is 2.43. The molecule has 6 nitrogen and oxygen atoms in total. The summed E-state index contributed by atoms with van der Waals surface area (Å²) in [6.07, 6.45) is 0.580. The van der Waals surface area contributed by atoms with E-state index in [1.165, 1.54) is 0 Å². The van der Waals surface area contributed by atoms with Crippen LogP contribution in [0.25, 0.3) is 0 Å². The Hall–Kier alpha value is -2.02. The Kier molecular flexibility index (Phi) is 6.66. The van der Waals surface area contributed by atoms with Crippen LogP contribution in [0.4, 0.5) is 4.79 Å². The highest BCUT2D eigenvalue weighted by Crippen LogP contribution is 2.16. The number of hydrogen-bond donors (Lipinski definition) is 2. The van der Waals surface area contributed by atoms with Gasteiger partial charge in [-0.3, -0.25) is 14.5 Å². The molecule has 130 valence electrons. The molecule has 2 N–H and O–H groups in total. The molecule has 7 heteroatoms. The maximum Gasteiger partial charge on any atom is 0.325 e. The third kappa shape index (κ3) is 5.26. The topological polar surface area (TPSA) is 78.5 Å². The summed E-state index contributed by atoms with van der Waals surface area (Å²) in [4.78, 5) is 38.1. The lowest BCUT2D eigenvalue weighted by molar-refractivity contribution is -0.132. The van der Waals surface area contributed by atoms with E-state index in [1.807, 2.05) is 44.2 Å². The van der Waals surface area contributed by atoms with Crippen LogP contribution in [0.1, 0.15) is 20.3 Å². The normalized spacial score (nSPS) is 17.3. The van der Waals surface area contributed by atoms with Crippen molar-refractivity contribution in [3.63, 3.8) is 0 Å². The average Bonchev–Trinajstić information content (AvgIpc) is 2.79. The Bertz CT molecular complexity index is 592. The van der Waals surface area contributed by atoms with Crippen LogP contribution in [-0.4, -0.2) is 47.6 Å². The van der Waals surface area contributed by atoms with E-state index < -0.39 is 12.1 Å². The molecule has 1 atom stereocenters. The fourth-order valence-corrected chi connectivity index (χ4v) is 3.22. The second kappa shape index (κ2) is 8.73. The number of carbonyl (C=O) groups is 3. The molecule has 1 aliphatic heterocycles. The smallest absolute Gasteiger partial charge is 0.325 e. The lowest BCUT2D eigenvalue weighted by atomic mass is 10.0. The number of nitrogens with one attached hydrogen (secondary N) is 2. The number of amides is 4. The summed E-state index contributed by atoms with van der Waals surface area (Å²) in [7, 11) is 0. The van der Waals surface area contributed by atoms with Gasteiger partial charge >= 0.3 is 6.03 Å². The second-order valence-corrected chi connectivity index (χ2v) is 7.24. The molecule has 0 saturated carbocycles. The van der Waals surface area contributed by atoms with Crippen molar-refractivity contribution in [2.75, 3.05) is 18.8 Å². The molecule has 2 rings (SSSR count). The van der Waals surface area contributed by atoms with Gasteiger partial charge in [0.15, 0.2) is 0 Å². The minimum absolute atomic E-state index is 0.227. The predicted molar refractivity (Wildman–Crippen MR) is 93.7 cm³/mol. The van der Waals surface area contributed by atoms with Gasteiger partial charge in [-0.15, -0.1) is 11.8 Å². The summed E-state index contributed by atoms with van der Waals surface area (Å²) in [6.45, 7) is 4.23. The monoisotopic (exact) mass is 349 g/mol. The van der Waals surface area contributed by atoms with E-state index in [2.05, 4.69) is 10.6 Å². The average molecular weight is 349 g/mol. The van der Waals surface area contributed by atoms with Gasteiger partial charge in [0.2, 0.25) is 5.91 Å². The van der Waals surface area contributed by atoms with E-state index in [-0.39, 0.29) is 18.4 Å². The maximum absolute atomic E-state index is 12.2. The summed E-state index contributed by atoms with van der Waals surface area (Å²) in [5.41, 5.74) is 0. The minimum Gasteiger partial charge on any atom is -0.354 e. The number of urea groups is 1. The number of carbonyl (C=O) groups excluding carboxylic acids is 3. The van der Waals surface area contributed by atoms with Crippen molar-refractivity contribution in [2.45, 2.75) is 31.2 Å². The Morgan fingerprint density at radius 3 is 2.67 bits per heavy atom.